The Bertz CT molecular complexity index is 7680. The minimum atomic E-state index is 0.692. The van der Waals surface area contributed by atoms with Crippen molar-refractivity contribution in [2.45, 2.75) is 0 Å². The van der Waals surface area contributed by atoms with Crippen molar-refractivity contribution in [1.29, 1.82) is 0 Å². The summed E-state index contributed by atoms with van der Waals surface area (Å²) < 4.78 is 9.58. The number of hydrogen-bond acceptors (Lipinski definition) is 4. The second-order valence-electron chi connectivity index (χ2n) is 29.3. The molecular weight excluding hydrogens is 1390 g/mol. The lowest BCUT2D eigenvalue weighted by atomic mass is 9.99. The Morgan fingerprint density at radius 3 is 0.974 bits per heavy atom. The molecule has 0 spiro atoms. The van der Waals surface area contributed by atoms with Crippen LogP contribution >= 0.6 is 0 Å². The lowest BCUT2D eigenvalue weighted by Gasteiger charge is -2.13. The van der Waals surface area contributed by atoms with E-state index in [1.165, 1.54) is 109 Å². The van der Waals surface area contributed by atoms with E-state index in [4.69, 9.17) is 19.9 Å². The van der Waals surface area contributed by atoms with E-state index in [9.17, 15) is 0 Å². The average molecular weight is 1450 g/mol. The van der Waals surface area contributed by atoms with Gasteiger partial charge in [-0.15, -0.1) is 0 Å². The van der Waals surface area contributed by atoms with E-state index < -0.39 is 0 Å². The summed E-state index contributed by atoms with van der Waals surface area (Å²) in [6, 6.07) is 147. The Hall–Kier alpha value is -15.4. The summed E-state index contributed by atoms with van der Waals surface area (Å²) in [6.45, 7) is 0. The zero-order chi connectivity index (χ0) is 75.2. The minimum Gasteiger partial charge on any atom is -0.309 e. The molecule has 0 atom stereocenters. The Morgan fingerprint density at radius 1 is 0.149 bits per heavy atom. The summed E-state index contributed by atoms with van der Waals surface area (Å²) in [7, 11) is 0. The van der Waals surface area contributed by atoms with Gasteiger partial charge in [0.25, 0.3) is 0 Å². The molecule has 23 aromatic rings. The molecule has 17 aromatic carbocycles. The molecule has 6 heterocycles. The summed E-state index contributed by atoms with van der Waals surface area (Å²) in [5.41, 5.74) is 26.0. The fourth-order valence-electron chi connectivity index (χ4n) is 17.3. The van der Waals surface area contributed by atoms with Gasteiger partial charge in [0.05, 0.1) is 66.9 Å². The normalized spacial score (nSPS) is 11.7. The first-order chi connectivity index (χ1) is 56.5. The first kappa shape index (κ1) is 65.7. The van der Waals surface area contributed by atoms with Crippen molar-refractivity contribution in [3.05, 3.63) is 413 Å². The Balaban J connectivity index is 0.000000139. The quantitative estimate of drug-likeness (QED) is 0.129. The summed E-state index contributed by atoms with van der Waals surface area (Å²) in [5, 5.41) is 14.6. The van der Waals surface area contributed by atoms with Crippen LogP contribution < -0.4 is 0 Å². The van der Waals surface area contributed by atoms with Gasteiger partial charge < -0.3 is 18.3 Å². The fraction of sp³-hybridized carbons (Fsp3) is 0. The van der Waals surface area contributed by atoms with E-state index in [1.54, 1.807) is 0 Å². The van der Waals surface area contributed by atoms with Crippen LogP contribution in [0, 0.1) is 0 Å². The standard InChI is InChI=1S/C54H34N4.C52H34N4/c1-2-17-40(18-3-1)57-50-23-10-8-20-44(50)46-33-53-47(32-52(46)57)45-21-9-11-24-51(45)58(53)41-29-27-37(28-30-41)54-55-48(39-26-25-35-13-4-5-15-38(35)31-39)34-49(56-54)43-22-12-16-36-14-6-7-19-42(36)43;1-4-15-35(16-5-1)38-19-14-20-39(31-38)52-53-46(36-17-6-2-7-18-36)34-47(54-52)37-27-29-41(30-28-37)56-49-26-13-11-24-43(49)45-32-50-44(33-51(45)56)42-23-10-12-25-48(42)55(50)40-21-8-3-9-22-40/h1-34H;1-34H. The number of hydrogen-bond donors (Lipinski definition) is 0. The van der Waals surface area contributed by atoms with Crippen LogP contribution in [0.1, 0.15) is 0 Å². The van der Waals surface area contributed by atoms with Crippen LogP contribution in [0.15, 0.2) is 413 Å². The van der Waals surface area contributed by atoms with Crippen molar-refractivity contribution in [3.8, 4) is 102 Å². The molecule has 0 N–H and O–H groups in total. The molecule has 0 aliphatic rings. The summed E-state index contributed by atoms with van der Waals surface area (Å²) in [5.74, 6) is 1.39. The molecule has 0 amide bonds. The molecule has 114 heavy (non-hydrogen) atoms. The predicted molar refractivity (Wildman–Crippen MR) is 474 cm³/mol. The second kappa shape index (κ2) is 27.3. The summed E-state index contributed by atoms with van der Waals surface area (Å²) in [6.07, 6.45) is 0. The Labute approximate surface area is 656 Å². The van der Waals surface area contributed by atoms with Gasteiger partial charge in [-0.25, -0.2) is 19.9 Å². The van der Waals surface area contributed by atoms with Gasteiger partial charge in [-0.3, -0.25) is 0 Å². The van der Waals surface area contributed by atoms with Gasteiger partial charge in [-0.05, 0) is 166 Å². The zero-order valence-electron chi connectivity index (χ0n) is 61.8. The highest BCUT2D eigenvalue weighted by molar-refractivity contribution is 6.21. The van der Waals surface area contributed by atoms with E-state index in [-0.39, 0.29) is 0 Å². The first-order valence-corrected chi connectivity index (χ1v) is 38.7. The molecule has 0 fully saturated rings. The predicted octanol–water partition coefficient (Wildman–Crippen LogP) is 27.3. The third-order valence-corrected chi connectivity index (χ3v) is 22.6. The van der Waals surface area contributed by atoms with Gasteiger partial charge in [0, 0.05) is 99.2 Å². The van der Waals surface area contributed by atoms with E-state index in [1.807, 2.05) is 12.1 Å². The maximum Gasteiger partial charge on any atom is 0.160 e. The lowest BCUT2D eigenvalue weighted by Crippen LogP contribution is -1.98. The average Bonchev–Trinajstić information content (AvgIpc) is 1.56. The molecule has 8 nitrogen and oxygen atoms in total. The fourth-order valence-corrected chi connectivity index (χ4v) is 17.3. The van der Waals surface area contributed by atoms with E-state index in [2.05, 4.69) is 419 Å². The first-order valence-electron chi connectivity index (χ1n) is 38.7. The summed E-state index contributed by atoms with van der Waals surface area (Å²) in [4.78, 5) is 20.8. The molecule has 0 bridgehead atoms. The van der Waals surface area contributed by atoms with Gasteiger partial charge in [-0.1, -0.05) is 279 Å². The van der Waals surface area contributed by atoms with Crippen LogP contribution in [0.5, 0.6) is 0 Å². The monoisotopic (exact) mass is 1450 g/mol. The third-order valence-electron chi connectivity index (χ3n) is 22.6. The highest BCUT2D eigenvalue weighted by Gasteiger charge is 2.23. The van der Waals surface area contributed by atoms with Crippen molar-refractivity contribution in [3.63, 3.8) is 0 Å². The topological polar surface area (TPSA) is 71.3 Å². The number of aromatic nitrogens is 8. The van der Waals surface area contributed by atoms with Gasteiger partial charge in [-0.2, -0.15) is 0 Å². The molecule has 23 rings (SSSR count). The lowest BCUT2D eigenvalue weighted by molar-refractivity contribution is 1.16. The van der Waals surface area contributed by atoms with Gasteiger partial charge in [0.2, 0.25) is 0 Å². The van der Waals surface area contributed by atoms with Crippen molar-refractivity contribution in [1.82, 2.24) is 38.2 Å². The molecule has 0 unspecified atom stereocenters. The maximum atomic E-state index is 5.27. The molecule has 0 aliphatic carbocycles. The van der Waals surface area contributed by atoms with Crippen LogP contribution in [-0.2, 0) is 0 Å². The van der Waals surface area contributed by atoms with Gasteiger partial charge in [0.1, 0.15) is 0 Å². The maximum absolute atomic E-state index is 5.27. The van der Waals surface area contributed by atoms with E-state index >= 15 is 0 Å². The van der Waals surface area contributed by atoms with Crippen molar-refractivity contribution < 1.29 is 0 Å². The van der Waals surface area contributed by atoms with Crippen molar-refractivity contribution in [2.75, 3.05) is 0 Å². The van der Waals surface area contributed by atoms with Crippen molar-refractivity contribution in [2.24, 2.45) is 0 Å². The molecule has 6 aromatic heterocycles. The van der Waals surface area contributed by atoms with Crippen molar-refractivity contribution >= 4 is 109 Å². The number of benzene rings is 17. The zero-order valence-corrected chi connectivity index (χ0v) is 61.8. The van der Waals surface area contributed by atoms with E-state index in [0.29, 0.717) is 11.6 Å². The Kier molecular flexibility index (Phi) is 15.7. The van der Waals surface area contributed by atoms with Crippen LogP contribution in [-0.4, -0.2) is 38.2 Å². The SMILES string of the molecule is c1ccc(-c2cccc(-c3nc(-c4ccccc4)cc(-c4ccc(-n5c6ccccc6c6cc7c(cc65)c5ccccc5n7-c5ccccc5)cc4)n3)c2)cc1.c1ccc(-n2c3ccccc3c3cc4c(cc32)c2ccccc2n4-c2ccc(-c3nc(-c4ccc5ccccc5c4)cc(-c4cccc5ccccc45)n3)cc2)cc1. The highest BCUT2D eigenvalue weighted by atomic mass is 15.0. The molecule has 0 radical (unpaired) electrons. The number of rotatable bonds is 11. The van der Waals surface area contributed by atoms with Crippen LogP contribution in [0.3, 0.4) is 0 Å². The number of para-hydroxylation sites is 6. The summed E-state index contributed by atoms with van der Waals surface area (Å²) >= 11 is 0. The smallest absolute Gasteiger partial charge is 0.160 e. The Morgan fingerprint density at radius 2 is 0.474 bits per heavy atom. The molecule has 0 aliphatic heterocycles. The van der Waals surface area contributed by atoms with Crippen LogP contribution in [0.2, 0.25) is 0 Å². The molecule has 532 valence electrons. The molecule has 0 saturated heterocycles. The molecular formula is C106H68N8. The largest absolute Gasteiger partial charge is 0.309 e. The molecule has 8 heteroatoms. The van der Waals surface area contributed by atoms with E-state index in [0.717, 1.165) is 90.0 Å². The molecule has 0 saturated carbocycles. The number of nitrogens with zero attached hydrogens (tertiary/aromatic N) is 8. The van der Waals surface area contributed by atoms with Gasteiger partial charge >= 0.3 is 0 Å². The van der Waals surface area contributed by atoms with Crippen LogP contribution in [0.4, 0.5) is 0 Å². The number of fused-ring (bicyclic) bond motifs is 14. The second-order valence-corrected chi connectivity index (χ2v) is 29.3. The van der Waals surface area contributed by atoms with Crippen LogP contribution in [0.25, 0.3) is 210 Å². The van der Waals surface area contributed by atoms with Gasteiger partial charge in [0.15, 0.2) is 11.6 Å². The highest BCUT2D eigenvalue weighted by Crippen LogP contribution is 2.44. The third kappa shape index (κ3) is 11.3. The minimum absolute atomic E-state index is 0.692.